The van der Waals surface area contributed by atoms with Crippen molar-refractivity contribution in [2.75, 3.05) is 19.7 Å². The molecule has 2 aromatic rings. The first-order valence-corrected chi connectivity index (χ1v) is 16.2. The predicted octanol–water partition coefficient (Wildman–Crippen LogP) is 3.55. The molecule has 0 spiro atoms. The summed E-state index contributed by atoms with van der Waals surface area (Å²) in [7, 11) is 0. The van der Waals surface area contributed by atoms with E-state index in [9.17, 15) is 37.1 Å². The fourth-order valence-corrected chi connectivity index (χ4v) is 6.52. The summed E-state index contributed by atoms with van der Waals surface area (Å²) in [5.41, 5.74) is 5.14. The number of piperidine rings is 1. The number of nitrogens with one attached hydrogen (secondary N) is 1. The molecule has 2 aliphatic rings. The number of amides is 3. The fourth-order valence-electron chi connectivity index (χ4n) is 6.39. The van der Waals surface area contributed by atoms with Crippen molar-refractivity contribution in [3.05, 3.63) is 70.7 Å². The van der Waals surface area contributed by atoms with E-state index in [-0.39, 0.29) is 32.5 Å². The standard InChI is InChI=1S/C34H40ClF3N4O7/c1-21(39)29(45)42-26(19-48-32(42,2)3)28(44)40-33(18-23-10-12-25(35)13-11-23)14-7-15-41(20-33)30(46)24(16-22-8-5-4-6-9-22)17-27(43)49-31(47)34(36,37)38/h4-6,8-13,21,24,26H,7,14-20,39H2,1-3H3,(H,40,44)/t21-,24?,26-,33+/m0/s1. The normalized spacial score (nSPS) is 21.8. The molecule has 0 bridgehead atoms. The Hall–Kier alpha value is -4.01. The van der Waals surface area contributed by atoms with Gasteiger partial charge in [0.2, 0.25) is 17.7 Å². The molecule has 0 radical (unpaired) electrons. The summed E-state index contributed by atoms with van der Waals surface area (Å²) < 4.78 is 48.3. The Morgan fingerprint density at radius 3 is 2.31 bits per heavy atom. The lowest BCUT2D eigenvalue weighted by Crippen LogP contribution is -2.65. The first kappa shape index (κ1) is 37.8. The number of ether oxygens (including phenoxy) is 2. The molecule has 0 aliphatic carbocycles. The lowest BCUT2D eigenvalue weighted by Gasteiger charge is -2.45. The van der Waals surface area contributed by atoms with Crippen LogP contribution in [0.25, 0.3) is 0 Å². The summed E-state index contributed by atoms with van der Waals surface area (Å²) >= 11 is 6.12. The van der Waals surface area contributed by atoms with Crippen LogP contribution in [0.3, 0.4) is 0 Å². The number of nitrogens with two attached hydrogens (primary N) is 1. The van der Waals surface area contributed by atoms with Crippen molar-refractivity contribution >= 4 is 41.3 Å². The third-order valence-electron chi connectivity index (χ3n) is 8.67. The summed E-state index contributed by atoms with van der Waals surface area (Å²) in [5, 5.41) is 3.61. The van der Waals surface area contributed by atoms with Crippen molar-refractivity contribution in [3.63, 3.8) is 0 Å². The van der Waals surface area contributed by atoms with Crippen LogP contribution in [0.15, 0.2) is 54.6 Å². The number of alkyl halides is 3. The SMILES string of the molecule is C[C@H](N)C(=O)N1[C@H](C(=O)N[C@@]2(Cc3ccc(Cl)cc3)CCCN(C(=O)C(CC(=O)OC(=O)C(F)(F)F)Cc3ccccc3)C2)COC1(C)C. The molecule has 2 heterocycles. The van der Waals surface area contributed by atoms with E-state index in [0.29, 0.717) is 23.4 Å². The van der Waals surface area contributed by atoms with Crippen molar-refractivity contribution in [2.24, 2.45) is 11.7 Å². The Kier molecular flexibility index (Phi) is 11.8. The van der Waals surface area contributed by atoms with E-state index in [1.807, 2.05) is 0 Å². The molecule has 0 saturated carbocycles. The fraction of sp³-hybridized carbons (Fsp3) is 0.500. The first-order valence-electron chi connectivity index (χ1n) is 15.8. The molecular weight excluding hydrogens is 669 g/mol. The molecule has 4 atom stereocenters. The topological polar surface area (TPSA) is 148 Å². The number of likely N-dealkylation sites (tertiary alicyclic amines) is 1. The van der Waals surface area contributed by atoms with Gasteiger partial charge in [-0.3, -0.25) is 24.1 Å². The minimum Gasteiger partial charge on any atom is -0.386 e. The number of benzene rings is 2. The minimum atomic E-state index is -5.39. The van der Waals surface area contributed by atoms with Crippen LogP contribution >= 0.6 is 11.6 Å². The smallest absolute Gasteiger partial charge is 0.386 e. The third kappa shape index (κ3) is 9.58. The summed E-state index contributed by atoms with van der Waals surface area (Å²) in [5.74, 6) is -6.89. The van der Waals surface area contributed by atoms with Gasteiger partial charge in [-0.25, -0.2) is 4.79 Å². The number of hydrogen-bond donors (Lipinski definition) is 2. The number of halogens is 4. The van der Waals surface area contributed by atoms with Gasteiger partial charge in [0.15, 0.2) is 0 Å². The summed E-state index contributed by atoms with van der Waals surface area (Å²) in [4.78, 5) is 68.0. The van der Waals surface area contributed by atoms with Crippen molar-refractivity contribution in [3.8, 4) is 0 Å². The van der Waals surface area contributed by atoms with Crippen LogP contribution in [-0.2, 0) is 46.3 Å². The van der Waals surface area contributed by atoms with Crippen molar-refractivity contribution in [1.82, 2.24) is 15.1 Å². The van der Waals surface area contributed by atoms with E-state index in [1.54, 1.807) is 68.4 Å². The second kappa shape index (κ2) is 15.3. The van der Waals surface area contributed by atoms with E-state index in [1.165, 1.54) is 16.7 Å². The number of hydrogen-bond acceptors (Lipinski definition) is 8. The Balaban J connectivity index is 1.63. The zero-order valence-corrected chi connectivity index (χ0v) is 28.2. The molecule has 2 fully saturated rings. The second-order valence-electron chi connectivity index (χ2n) is 13.1. The molecule has 49 heavy (non-hydrogen) atoms. The molecule has 15 heteroatoms. The van der Waals surface area contributed by atoms with Crippen LogP contribution in [0.2, 0.25) is 5.02 Å². The zero-order chi connectivity index (χ0) is 36.1. The largest absolute Gasteiger partial charge is 0.491 e. The highest BCUT2D eigenvalue weighted by atomic mass is 35.5. The molecule has 3 amide bonds. The highest BCUT2D eigenvalue weighted by molar-refractivity contribution is 6.30. The number of nitrogens with zero attached hydrogens (tertiary/aromatic N) is 2. The Morgan fingerprint density at radius 1 is 1.04 bits per heavy atom. The molecule has 2 aromatic carbocycles. The monoisotopic (exact) mass is 708 g/mol. The van der Waals surface area contributed by atoms with Crippen LogP contribution in [0, 0.1) is 5.92 Å². The third-order valence-corrected chi connectivity index (χ3v) is 8.93. The van der Waals surface area contributed by atoms with Gasteiger partial charge in [-0.2, -0.15) is 13.2 Å². The van der Waals surface area contributed by atoms with Crippen LogP contribution in [0.4, 0.5) is 13.2 Å². The number of rotatable bonds is 10. The van der Waals surface area contributed by atoms with Gasteiger partial charge in [-0.15, -0.1) is 0 Å². The number of esters is 2. The first-order chi connectivity index (χ1) is 22.9. The average Bonchev–Trinajstić information content (AvgIpc) is 3.35. The van der Waals surface area contributed by atoms with Gasteiger partial charge in [0, 0.05) is 18.1 Å². The van der Waals surface area contributed by atoms with Gasteiger partial charge in [0.25, 0.3) is 0 Å². The maximum atomic E-state index is 14.1. The van der Waals surface area contributed by atoms with E-state index >= 15 is 0 Å². The van der Waals surface area contributed by atoms with Crippen molar-refractivity contribution in [1.29, 1.82) is 0 Å². The van der Waals surface area contributed by atoms with E-state index in [4.69, 9.17) is 22.1 Å². The molecule has 0 aromatic heterocycles. The van der Waals surface area contributed by atoms with Gasteiger partial charge in [0.1, 0.15) is 11.8 Å². The maximum absolute atomic E-state index is 14.1. The van der Waals surface area contributed by atoms with E-state index < -0.39 is 71.5 Å². The number of carbonyl (C=O) groups excluding carboxylic acids is 5. The summed E-state index contributed by atoms with van der Waals surface area (Å²) in [6, 6.07) is 13.6. The Morgan fingerprint density at radius 2 is 1.69 bits per heavy atom. The molecule has 3 N–H and O–H groups in total. The van der Waals surface area contributed by atoms with Crippen LogP contribution < -0.4 is 11.1 Å². The summed E-state index contributed by atoms with van der Waals surface area (Å²) in [6.45, 7) is 4.94. The lowest BCUT2D eigenvalue weighted by atomic mass is 9.81. The second-order valence-corrected chi connectivity index (χ2v) is 13.5. The predicted molar refractivity (Wildman–Crippen MR) is 172 cm³/mol. The maximum Gasteiger partial charge on any atom is 0.491 e. The zero-order valence-electron chi connectivity index (χ0n) is 27.4. The van der Waals surface area contributed by atoms with Gasteiger partial charge < -0.3 is 25.4 Å². The highest BCUT2D eigenvalue weighted by Gasteiger charge is 2.50. The van der Waals surface area contributed by atoms with E-state index in [2.05, 4.69) is 10.1 Å². The van der Waals surface area contributed by atoms with E-state index in [0.717, 1.165) is 5.56 Å². The molecular formula is C34H40ClF3N4O7. The highest BCUT2D eigenvalue weighted by Crippen LogP contribution is 2.32. The lowest BCUT2D eigenvalue weighted by molar-refractivity contribution is -0.202. The molecule has 11 nitrogen and oxygen atoms in total. The van der Waals surface area contributed by atoms with Crippen LogP contribution in [-0.4, -0.2) is 88.7 Å². The van der Waals surface area contributed by atoms with Gasteiger partial charge in [-0.05, 0) is 69.7 Å². The van der Waals surface area contributed by atoms with Crippen molar-refractivity contribution in [2.45, 2.75) is 82.4 Å². The van der Waals surface area contributed by atoms with Crippen LogP contribution in [0.5, 0.6) is 0 Å². The van der Waals surface area contributed by atoms with Gasteiger partial charge in [-0.1, -0.05) is 54.1 Å². The van der Waals surface area contributed by atoms with Gasteiger partial charge >= 0.3 is 18.1 Å². The molecule has 266 valence electrons. The molecule has 2 aliphatic heterocycles. The molecule has 2 saturated heterocycles. The quantitative estimate of drug-likeness (QED) is 0.281. The van der Waals surface area contributed by atoms with Gasteiger partial charge in [0.05, 0.1) is 30.5 Å². The molecule has 4 rings (SSSR count). The molecule has 1 unspecified atom stereocenters. The summed E-state index contributed by atoms with van der Waals surface area (Å²) in [6.07, 6.45) is -5.10. The minimum absolute atomic E-state index is 0.0230. The Bertz CT molecular complexity index is 1540. The average molecular weight is 709 g/mol. The van der Waals surface area contributed by atoms with Crippen molar-refractivity contribution < 1.29 is 46.6 Å². The van der Waals surface area contributed by atoms with Crippen LogP contribution in [0.1, 0.15) is 51.2 Å². The number of carbonyl (C=O) groups is 5. The Labute approximate surface area is 287 Å².